The van der Waals surface area contributed by atoms with Crippen molar-refractivity contribution in [2.24, 2.45) is 0 Å². The number of para-hydroxylation sites is 1. The number of benzene rings is 1. The second-order valence-electron chi connectivity index (χ2n) is 3.44. The third kappa shape index (κ3) is 2.57. The molecule has 0 aliphatic carbocycles. The van der Waals surface area contributed by atoms with E-state index in [1.165, 1.54) is 0 Å². The molecule has 5 heteroatoms. The summed E-state index contributed by atoms with van der Waals surface area (Å²) in [4.78, 5) is 14.3. The van der Waals surface area contributed by atoms with E-state index in [1.807, 2.05) is 37.3 Å². The molecule has 0 spiro atoms. The van der Waals surface area contributed by atoms with Crippen molar-refractivity contribution in [3.63, 3.8) is 0 Å². The summed E-state index contributed by atoms with van der Waals surface area (Å²) in [6.45, 7) is 1.89. The van der Waals surface area contributed by atoms with Gasteiger partial charge in [0.15, 0.2) is 5.69 Å². The van der Waals surface area contributed by atoms with Crippen molar-refractivity contribution < 1.29 is 19.1 Å². The summed E-state index contributed by atoms with van der Waals surface area (Å²) in [7, 11) is 0. The van der Waals surface area contributed by atoms with Crippen molar-refractivity contribution >= 4 is 12.0 Å². The maximum absolute atomic E-state index is 10.6. The van der Waals surface area contributed by atoms with E-state index in [9.17, 15) is 4.79 Å². The standard InChI is InChI=1S/C13H11NO4/c1-2-5-9-6-3-4-7-11(9)18-13-14-10(8-17-13)12(15)16/h2-8H,1H3,(H,15,16)/b5-2+. The maximum Gasteiger partial charge on any atom is 0.399 e. The van der Waals surface area contributed by atoms with Gasteiger partial charge in [-0.05, 0) is 13.0 Å². The Morgan fingerprint density at radius 1 is 1.44 bits per heavy atom. The number of ether oxygens (including phenoxy) is 1. The molecule has 0 saturated carbocycles. The number of allylic oxidation sites excluding steroid dienone is 1. The van der Waals surface area contributed by atoms with Gasteiger partial charge in [-0.3, -0.25) is 0 Å². The van der Waals surface area contributed by atoms with Crippen LogP contribution in [-0.2, 0) is 0 Å². The minimum Gasteiger partial charge on any atom is -0.476 e. The smallest absolute Gasteiger partial charge is 0.399 e. The fourth-order valence-corrected chi connectivity index (χ4v) is 1.39. The molecular weight excluding hydrogens is 234 g/mol. The van der Waals surface area contributed by atoms with E-state index in [2.05, 4.69) is 4.98 Å². The fourth-order valence-electron chi connectivity index (χ4n) is 1.39. The Morgan fingerprint density at radius 2 is 2.22 bits per heavy atom. The molecular formula is C13H11NO4. The van der Waals surface area contributed by atoms with Gasteiger partial charge >= 0.3 is 12.0 Å². The van der Waals surface area contributed by atoms with Crippen LogP contribution in [0, 0.1) is 0 Å². The highest BCUT2D eigenvalue weighted by atomic mass is 16.6. The second-order valence-corrected chi connectivity index (χ2v) is 3.44. The van der Waals surface area contributed by atoms with Crippen molar-refractivity contribution in [1.29, 1.82) is 0 Å². The van der Waals surface area contributed by atoms with Crippen LogP contribution in [0.2, 0.25) is 0 Å². The molecule has 5 nitrogen and oxygen atoms in total. The lowest BCUT2D eigenvalue weighted by Crippen LogP contribution is -1.96. The Morgan fingerprint density at radius 3 is 2.89 bits per heavy atom. The van der Waals surface area contributed by atoms with E-state index in [0.29, 0.717) is 5.75 Å². The number of carboxylic acid groups (broad SMARTS) is 1. The van der Waals surface area contributed by atoms with Crippen molar-refractivity contribution in [1.82, 2.24) is 4.98 Å². The highest BCUT2D eigenvalue weighted by molar-refractivity contribution is 5.84. The van der Waals surface area contributed by atoms with Gasteiger partial charge in [-0.15, -0.1) is 0 Å². The summed E-state index contributed by atoms with van der Waals surface area (Å²) in [5.41, 5.74) is 0.670. The van der Waals surface area contributed by atoms with Gasteiger partial charge in [0.1, 0.15) is 12.0 Å². The molecule has 1 aromatic heterocycles. The molecule has 1 heterocycles. The minimum absolute atomic E-state index is 0.0932. The van der Waals surface area contributed by atoms with E-state index in [1.54, 1.807) is 6.07 Å². The number of carbonyl (C=O) groups is 1. The summed E-state index contributed by atoms with van der Waals surface area (Å²) >= 11 is 0. The van der Waals surface area contributed by atoms with Crippen LogP contribution in [0.1, 0.15) is 23.0 Å². The SMILES string of the molecule is C/C=C/c1ccccc1Oc1nc(C(=O)O)co1. The Kier molecular flexibility index (Phi) is 3.43. The number of oxazole rings is 1. The van der Waals surface area contributed by atoms with Gasteiger partial charge in [0.05, 0.1) is 0 Å². The first kappa shape index (κ1) is 11.9. The van der Waals surface area contributed by atoms with Gasteiger partial charge in [-0.1, -0.05) is 30.4 Å². The maximum atomic E-state index is 10.6. The van der Waals surface area contributed by atoms with Crippen LogP contribution in [0.3, 0.4) is 0 Å². The zero-order valence-electron chi connectivity index (χ0n) is 9.66. The van der Waals surface area contributed by atoms with Crippen molar-refractivity contribution in [3.05, 3.63) is 47.9 Å². The molecule has 2 aromatic rings. The summed E-state index contributed by atoms with van der Waals surface area (Å²) in [5.74, 6) is -0.607. The van der Waals surface area contributed by atoms with Gasteiger partial charge in [-0.25, -0.2) is 4.79 Å². The van der Waals surface area contributed by atoms with Crippen molar-refractivity contribution in [3.8, 4) is 11.8 Å². The molecule has 0 aliphatic rings. The summed E-state index contributed by atoms with van der Waals surface area (Å²) < 4.78 is 10.3. The Bertz CT molecular complexity index is 586. The van der Waals surface area contributed by atoms with Crippen LogP contribution >= 0.6 is 0 Å². The Hall–Kier alpha value is -2.56. The molecule has 0 atom stereocenters. The summed E-state index contributed by atoms with van der Waals surface area (Å²) in [6.07, 6.45) is 4.69. The molecule has 92 valence electrons. The normalized spacial score (nSPS) is 10.7. The van der Waals surface area contributed by atoms with Crippen LogP contribution in [0.25, 0.3) is 6.08 Å². The van der Waals surface area contributed by atoms with Gasteiger partial charge < -0.3 is 14.3 Å². The highest BCUT2D eigenvalue weighted by Gasteiger charge is 2.12. The Labute approximate surface area is 103 Å². The van der Waals surface area contributed by atoms with E-state index in [-0.39, 0.29) is 11.8 Å². The number of nitrogens with zero attached hydrogens (tertiary/aromatic N) is 1. The monoisotopic (exact) mass is 245 g/mol. The number of hydrogen-bond donors (Lipinski definition) is 1. The van der Waals surface area contributed by atoms with Crippen molar-refractivity contribution in [2.75, 3.05) is 0 Å². The van der Waals surface area contributed by atoms with E-state index < -0.39 is 5.97 Å². The van der Waals surface area contributed by atoms with Crippen LogP contribution < -0.4 is 4.74 Å². The first-order valence-electron chi connectivity index (χ1n) is 5.29. The zero-order valence-corrected chi connectivity index (χ0v) is 9.66. The second kappa shape index (κ2) is 5.18. The average Bonchev–Trinajstić information content (AvgIpc) is 2.81. The quantitative estimate of drug-likeness (QED) is 0.895. The third-order valence-electron chi connectivity index (χ3n) is 2.16. The largest absolute Gasteiger partial charge is 0.476 e. The average molecular weight is 245 g/mol. The Balaban J connectivity index is 2.25. The molecule has 1 aromatic carbocycles. The topological polar surface area (TPSA) is 72.6 Å². The van der Waals surface area contributed by atoms with Crippen LogP contribution in [-0.4, -0.2) is 16.1 Å². The van der Waals surface area contributed by atoms with Crippen LogP contribution in [0.4, 0.5) is 0 Å². The van der Waals surface area contributed by atoms with Crippen LogP contribution in [0.5, 0.6) is 11.8 Å². The minimum atomic E-state index is -1.16. The van der Waals surface area contributed by atoms with Gasteiger partial charge in [-0.2, -0.15) is 4.98 Å². The number of carboxylic acids is 1. The predicted molar refractivity (Wildman–Crippen MR) is 64.7 cm³/mol. The lowest BCUT2D eigenvalue weighted by molar-refractivity contribution is 0.0690. The van der Waals surface area contributed by atoms with E-state index >= 15 is 0 Å². The molecule has 0 unspecified atom stereocenters. The molecule has 0 fully saturated rings. The van der Waals surface area contributed by atoms with E-state index in [0.717, 1.165) is 11.8 Å². The summed E-state index contributed by atoms with van der Waals surface area (Å²) in [6, 6.07) is 7.31. The summed E-state index contributed by atoms with van der Waals surface area (Å²) in [5, 5.41) is 8.71. The molecule has 0 radical (unpaired) electrons. The number of aromatic nitrogens is 1. The third-order valence-corrected chi connectivity index (χ3v) is 2.16. The lowest BCUT2D eigenvalue weighted by Gasteiger charge is -2.03. The molecule has 1 N–H and O–H groups in total. The lowest BCUT2D eigenvalue weighted by atomic mass is 10.2. The molecule has 0 bridgehead atoms. The number of hydrogen-bond acceptors (Lipinski definition) is 4. The number of aromatic carboxylic acids is 1. The van der Waals surface area contributed by atoms with Gasteiger partial charge in [0, 0.05) is 5.56 Å². The molecule has 0 saturated heterocycles. The molecule has 0 aliphatic heterocycles. The van der Waals surface area contributed by atoms with Crippen LogP contribution in [0.15, 0.2) is 41.0 Å². The number of rotatable bonds is 4. The highest BCUT2D eigenvalue weighted by Crippen LogP contribution is 2.25. The van der Waals surface area contributed by atoms with Gasteiger partial charge in [0.2, 0.25) is 0 Å². The zero-order chi connectivity index (χ0) is 13.0. The van der Waals surface area contributed by atoms with Crippen molar-refractivity contribution in [2.45, 2.75) is 6.92 Å². The van der Waals surface area contributed by atoms with Gasteiger partial charge in [0.25, 0.3) is 0 Å². The fraction of sp³-hybridized carbons (Fsp3) is 0.0769. The molecule has 2 rings (SSSR count). The first-order valence-corrected chi connectivity index (χ1v) is 5.29. The molecule has 0 amide bonds. The molecule has 18 heavy (non-hydrogen) atoms. The first-order chi connectivity index (χ1) is 8.70. The van der Waals surface area contributed by atoms with E-state index in [4.69, 9.17) is 14.3 Å². The predicted octanol–water partition coefficient (Wildman–Crippen LogP) is 3.20.